The van der Waals surface area contributed by atoms with Crippen molar-refractivity contribution in [3.05, 3.63) is 17.1 Å². The Labute approximate surface area is 56.1 Å². The maximum atomic E-state index is 4.74. The maximum Gasteiger partial charge on any atom is 0.274 e. The fraction of sp³-hybridized carbons (Fsp3) is 0. The summed E-state index contributed by atoms with van der Waals surface area (Å²) >= 11 is 0. The Morgan fingerprint density at radius 1 is 1.50 bits per heavy atom. The molecule has 0 amide bonds. The van der Waals surface area contributed by atoms with Crippen LogP contribution < -0.4 is 10.9 Å². The molecule has 0 aromatic carbocycles. The molecule has 2 rings (SSSR count). The van der Waals surface area contributed by atoms with Crippen molar-refractivity contribution in [2.24, 2.45) is 0 Å². The molecule has 10 heavy (non-hydrogen) atoms. The molecule has 0 aliphatic heterocycles. The van der Waals surface area contributed by atoms with Gasteiger partial charge in [0.25, 0.3) is 5.78 Å². The molecular formula is C6H5N3O. The first kappa shape index (κ1) is 5.22. The number of hydrogen-bond acceptors (Lipinski definition) is 3. The minimum Gasteiger partial charge on any atom is -0.335 e. The van der Waals surface area contributed by atoms with Gasteiger partial charge < -0.3 is 4.52 Å². The van der Waals surface area contributed by atoms with Crippen molar-refractivity contribution in [1.29, 1.82) is 0 Å². The van der Waals surface area contributed by atoms with Gasteiger partial charge in [-0.15, -0.1) is 0 Å². The van der Waals surface area contributed by atoms with Crippen LogP contribution >= 0.6 is 0 Å². The highest BCUT2D eigenvalue weighted by Crippen LogP contribution is 1.81. The van der Waals surface area contributed by atoms with Gasteiger partial charge in [0.15, 0.2) is 0 Å². The van der Waals surface area contributed by atoms with Crippen LogP contribution in [0.2, 0.25) is 0 Å². The van der Waals surface area contributed by atoms with Gasteiger partial charge in [-0.3, -0.25) is 0 Å². The zero-order valence-electron chi connectivity index (χ0n) is 5.24. The first-order valence-electron chi connectivity index (χ1n) is 2.76. The highest BCUT2D eigenvalue weighted by Gasteiger charge is 1.98. The van der Waals surface area contributed by atoms with Gasteiger partial charge in [-0.05, 0) is 11.7 Å². The minimum absolute atomic E-state index is 0.456. The summed E-state index contributed by atoms with van der Waals surface area (Å²) in [5.74, 6) is 0.509. The van der Waals surface area contributed by atoms with E-state index in [0.29, 0.717) is 11.3 Å². The van der Waals surface area contributed by atoms with Gasteiger partial charge in [0.2, 0.25) is 5.55 Å². The van der Waals surface area contributed by atoms with Crippen LogP contribution in [0.5, 0.6) is 0 Å². The predicted octanol–water partition coefficient (Wildman–Crippen LogP) is -0.857. The fourth-order valence-corrected chi connectivity index (χ4v) is 0.847. The van der Waals surface area contributed by atoms with E-state index in [4.69, 9.17) is 4.52 Å². The van der Waals surface area contributed by atoms with E-state index in [0.717, 1.165) is 5.35 Å². The topological polar surface area (TPSA) is 43.3 Å². The van der Waals surface area contributed by atoms with Crippen molar-refractivity contribution in [3.63, 3.8) is 0 Å². The van der Waals surface area contributed by atoms with Crippen LogP contribution in [0.3, 0.4) is 0 Å². The maximum absolute atomic E-state index is 4.74. The molecule has 0 aliphatic rings. The summed E-state index contributed by atoms with van der Waals surface area (Å²) < 4.78 is 6.37. The molecule has 2 heterocycles. The predicted molar refractivity (Wildman–Crippen MR) is 35.5 cm³/mol. The molecule has 2 aromatic heterocycles. The lowest BCUT2D eigenvalue weighted by molar-refractivity contribution is 0.390. The first-order chi connectivity index (χ1) is 4.79. The molecule has 0 atom stereocenters. The Morgan fingerprint density at radius 2 is 2.30 bits per heavy atom. The standard InChI is InChI=1S/C6H5N3O/c1-4-3-7-6-8-10-5(2)9(4)6/h3H,1-2H2. The molecule has 0 spiro atoms. The normalized spacial score (nSPS) is 10.8. The number of nitrogens with zero attached hydrogens (tertiary/aromatic N) is 3. The van der Waals surface area contributed by atoms with Crippen LogP contribution in [-0.2, 0) is 0 Å². The van der Waals surface area contributed by atoms with Crippen LogP contribution in [0.15, 0.2) is 10.7 Å². The largest absolute Gasteiger partial charge is 0.335 e. The number of fused-ring (bicyclic) bond motifs is 1. The molecule has 0 aliphatic carbocycles. The third-order valence-electron chi connectivity index (χ3n) is 1.30. The van der Waals surface area contributed by atoms with Crippen LogP contribution in [-0.4, -0.2) is 14.5 Å². The zero-order chi connectivity index (χ0) is 7.14. The number of hydrogen-bond donors (Lipinski definition) is 0. The van der Waals surface area contributed by atoms with E-state index in [1.807, 2.05) is 0 Å². The summed E-state index contributed by atoms with van der Waals surface area (Å²) in [6, 6.07) is 0. The summed E-state index contributed by atoms with van der Waals surface area (Å²) in [5.41, 5.74) is 0.456. The van der Waals surface area contributed by atoms with E-state index in [-0.39, 0.29) is 0 Å². The van der Waals surface area contributed by atoms with Gasteiger partial charge in [0.1, 0.15) is 0 Å². The number of aromatic nitrogens is 3. The van der Waals surface area contributed by atoms with E-state index in [1.54, 1.807) is 10.6 Å². The zero-order valence-corrected chi connectivity index (χ0v) is 5.24. The van der Waals surface area contributed by atoms with E-state index in [1.165, 1.54) is 0 Å². The second-order valence-electron chi connectivity index (χ2n) is 1.96. The summed E-state index contributed by atoms with van der Waals surface area (Å²) in [4.78, 5) is 3.89. The van der Waals surface area contributed by atoms with Crippen molar-refractivity contribution in [1.82, 2.24) is 14.5 Å². The summed E-state index contributed by atoms with van der Waals surface area (Å²) in [6.45, 7) is 7.30. The second-order valence-corrected chi connectivity index (χ2v) is 1.96. The van der Waals surface area contributed by atoms with Crippen LogP contribution in [0.1, 0.15) is 0 Å². The molecule has 2 aromatic rings. The van der Waals surface area contributed by atoms with Crippen molar-refractivity contribution in [3.8, 4) is 0 Å². The third kappa shape index (κ3) is 0.452. The lowest BCUT2D eigenvalue weighted by Gasteiger charge is -1.73. The van der Waals surface area contributed by atoms with Gasteiger partial charge >= 0.3 is 0 Å². The summed E-state index contributed by atoms with van der Waals surface area (Å²) in [5, 5.41) is 4.35. The average Bonchev–Trinajstić information content (AvgIpc) is 2.40. The van der Waals surface area contributed by atoms with Gasteiger partial charge in [-0.2, -0.15) is 0 Å². The average molecular weight is 135 g/mol. The molecule has 4 heteroatoms. The van der Waals surface area contributed by atoms with Crippen LogP contribution in [0.25, 0.3) is 18.9 Å². The molecule has 0 fully saturated rings. The van der Waals surface area contributed by atoms with Crippen LogP contribution in [0, 0.1) is 0 Å². The Balaban J connectivity index is 3.28. The van der Waals surface area contributed by atoms with Crippen molar-refractivity contribution in [2.45, 2.75) is 0 Å². The SMILES string of the molecule is C=c1cnc2noc(=C)n12. The Bertz CT molecular complexity index is 413. The van der Waals surface area contributed by atoms with Gasteiger partial charge in [0, 0.05) is 0 Å². The molecule has 4 nitrogen and oxygen atoms in total. The molecule has 0 saturated carbocycles. The molecule has 50 valence electrons. The minimum atomic E-state index is 0.456. The lowest BCUT2D eigenvalue weighted by Crippen LogP contribution is -2.16. The Hall–Kier alpha value is -1.58. The molecular weight excluding hydrogens is 130 g/mol. The second kappa shape index (κ2) is 1.47. The Kier molecular flexibility index (Phi) is 0.768. The molecule has 0 radical (unpaired) electrons. The van der Waals surface area contributed by atoms with E-state index < -0.39 is 0 Å². The number of rotatable bonds is 0. The summed E-state index contributed by atoms with van der Waals surface area (Å²) in [7, 11) is 0. The monoisotopic (exact) mass is 135 g/mol. The van der Waals surface area contributed by atoms with E-state index in [9.17, 15) is 0 Å². The first-order valence-corrected chi connectivity index (χ1v) is 2.76. The van der Waals surface area contributed by atoms with Crippen molar-refractivity contribution < 1.29 is 4.52 Å². The van der Waals surface area contributed by atoms with Gasteiger partial charge in [0.05, 0.1) is 11.5 Å². The fourth-order valence-electron chi connectivity index (χ4n) is 0.847. The van der Waals surface area contributed by atoms with E-state index >= 15 is 0 Å². The quantitative estimate of drug-likeness (QED) is 0.472. The van der Waals surface area contributed by atoms with Crippen molar-refractivity contribution in [2.75, 3.05) is 0 Å². The number of imidazole rings is 1. The van der Waals surface area contributed by atoms with Gasteiger partial charge in [-0.25, -0.2) is 9.38 Å². The molecule has 0 N–H and O–H groups in total. The van der Waals surface area contributed by atoms with Crippen LogP contribution in [0.4, 0.5) is 0 Å². The molecule has 0 unspecified atom stereocenters. The van der Waals surface area contributed by atoms with Crippen molar-refractivity contribution >= 4 is 18.9 Å². The smallest absolute Gasteiger partial charge is 0.274 e. The highest BCUT2D eigenvalue weighted by molar-refractivity contribution is 5.25. The Morgan fingerprint density at radius 3 is 3.00 bits per heavy atom. The molecule has 0 bridgehead atoms. The summed E-state index contributed by atoms with van der Waals surface area (Å²) in [6.07, 6.45) is 1.62. The third-order valence-corrected chi connectivity index (χ3v) is 1.30. The van der Waals surface area contributed by atoms with E-state index in [2.05, 4.69) is 23.3 Å². The lowest BCUT2D eigenvalue weighted by atomic mass is 10.7. The highest BCUT2D eigenvalue weighted by atomic mass is 16.5. The van der Waals surface area contributed by atoms with Gasteiger partial charge in [-0.1, -0.05) is 6.58 Å². The molecule has 0 saturated heterocycles.